The van der Waals surface area contributed by atoms with E-state index in [1.165, 1.54) is 37.3 Å². The summed E-state index contributed by atoms with van der Waals surface area (Å²) in [5.74, 6) is -0.295. The smallest absolute Gasteiger partial charge is 0.271 e. The van der Waals surface area contributed by atoms with E-state index in [2.05, 4.69) is 5.32 Å². The van der Waals surface area contributed by atoms with Gasteiger partial charge in [-0.15, -0.1) is 0 Å². The second-order valence-corrected chi connectivity index (χ2v) is 6.06. The van der Waals surface area contributed by atoms with Gasteiger partial charge in [0.15, 0.2) is 6.10 Å². The molecule has 9 heteroatoms. The number of hydrogen-bond donors (Lipinski definition) is 1. The van der Waals surface area contributed by atoms with Crippen molar-refractivity contribution in [1.29, 1.82) is 0 Å². The average Bonchev–Trinajstić information content (AvgIpc) is 2.47. The Morgan fingerprint density at radius 1 is 1.17 bits per heavy atom. The quantitative estimate of drug-likeness (QED) is 0.579. The molecule has 0 bridgehead atoms. The minimum absolute atomic E-state index is 0.0367. The Labute approximate surface area is 152 Å². The summed E-state index contributed by atoms with van der Waals surface area (Å²) < 4.78 is 5.44. The van der Waals surface area contributed by atoms with Gasteiger partial charge in [0.1, 0.15) is 5.75 Å². The summed E-state index contributed by atoms with van der Waals surface area (Å²) in [6.07, 6.45) is -0.901. The monoisotopic (exact) mass is 388 g/mol. The van der Waals surface area contributed by atoms with Crippen molar-refractivity contribution in [3.63, 3.8) is 0 Å². The Morgan fingerprint density at radius 2 is 1.79 bits per heavy atom. The van der Waals surface area contributed by atoms with Gasteiger partial charge in [-0.1, -0.05) is 34.8 Å². The first-order valence-electron chi connectivity index (χ1n) is 6.64. The van der Waals surface area contributed by atoms with Crippen molar-refractivity contribution in [2.75, 3.05) is 5.32 Å². The van der Waals surface area contributed by atoms with Gasteiger partial charge in [0.2, 0.25) is 0 Å². The van der Waals surface area contributed by atoms with Crippen LogP contribution in [0.15, 0.2) is 36.4 Å². The lowest BCUT2D eigenvalue weighted by atomic mass is 10.2. The number of rotatable bonds is 5. The summed E-state index contributed by atoms with van der Waals surface area (Å²) in [5, 5.41) is 14.1. The minimum Gasteiger partial charge on any atom is -0.479 e. The molecule has 0 aliphatic rings. The van der Waals surface area contributed by atoms with E-state index in [1.54, 1.807) is 0 Å². The van der Waals surface area contributed by atoms with Crippen molar-refractivity contribution in [3.05, 3.63) is 61.6 Å². The van der Waals surface area contributed by atoms with Crippen LogP contribution in [0, 0.1) is 10.1 Å². The lowest BCUT2D eigenvalue weighted by molar-refractivity contribution is -0.384. The van der Waals surface area contributed by atoms with Crippen LogP contribution in [0.1, 0.15) is 6.92 Å². The molecule has 0 aliphatic carbocycles. The molecule has 0 saturated carbocycles. The third-order valence-corrected chi connectivity index (χ3v) is 3.66. The highest BCUT2D eigenvalue weighted by Crippen LogP contribution is 2.29. The summed E-state index contributed by atoms with van der Waals surface area (Å²) in [4.78, 5) is 22.3. The van der Waals surface area contributed by atoms with E-state index in [9.17, 15) is 14.9 Å². The second kappa shape index (κ2) is 7.70. The molecule has 0 spiro atoms. The first-order chi connectivity index (χ1) is 11.3. The molecule has 2 aromatic rings. The topological polar surface area (TPSA) is 81.5 Å². The molecule has 0 saturated heterocycles. The zero-order chi connectivity index (χ0) is 17.9. The van der Waals surface area contributed by atoms with Gasteiger partial charge in [-0.2, -0.15) is 0 Å². The molecule has 0 fully saturated rings. The first kappa shape index (κ1) is 18.3. The number of nitro groups is 1. The zero-order valence-corrected chi connectivity index (χ0v) is 14.5. The molecule has 0 aliphatic heterocycles. The summed E-state index contributed by atoms with van der Waals surface area (Å²) >= 11 is 17.7. The number of non-ortho nitro benzene ring substituents is 1. The predicted molar refractivity (Wildman–Crippen MR) is 93.3 cm³/mol. The van der Waals surface area contributed by atoms with Gasteiger partial charge in [-0.05, 0) is 31.2 Å². The van der Waals surface area contributed by atoms with Gasteiger partial charge in [-0.25, -0.2) is 0 Å². The molecule has 1 amide bonds. The number of amides is 1. The van der Waals surface area contributed by atoms with Crippen molar-refractivity contribution in [3.8, 4) is 5.75 Å². The standard InChI is InChI=1S/C15H11Cl3N2O4/c1-8(15(21)19-11-5-9(16)4-10(17)6-11)24-14-3-2-12(20(22)23)7-13(14)18/h2-8H,1H3,(H,19,21). The van der Waals surface area contributed by atoms with Gasteiger partial charge in [-0.3, -0.25) is 14.9 Å². The first-order valence-corrected chi connectivity index (χ1v) is 7.77. The van der Waals surface area contributed by atoms with Gasteiger partial charge in [0.05, 0.1) is 9.95 Å². The highest BCUT2D eigenvalue weighted by atomic mass is 35.5. The third-order valence-electron chi connectivity index (χ3n) is 2.93. The van der Waals surface area contributed by atoms with E-state index in [1.807, 2.05) is 0 Å². The Kier molecular flexibility index (Phi) is 5.88. The lowest BCUT2D eigenvalue weighted by Crippen LogP contribution is -2.30. The summed E-state index contributed by atoms with van der Waals surface area (Å²) in [5.41, 5.74) is 0.251. The second-order valence-electron chi connectivity index (χ2n) is 4.78. The number of ether oxygens (including phenoxy) is 1. The Morgan fingerprint density at radius 3 is 2.33 bits per heavy atom. The number of halogens is 3. The predicted octanol–water partition coefficient (Wildman–Crippen LogP) is 4.96. The maximum absolute atomic E-state index is 12.2. The SMILES string of the molecule is CC(Oc1ccc([N+](=O)[O-])cc1Cl)C(=O)Nc1cc(Cl)cc(Cl)c1. The Balaban J connectivity index is 2.07. The summed E-state index contributed by atoms with van der Waals surface area (Å²) in [6, 6.07) is 8.34. The van der Waals surface area contributed by atoms with Crippen LogP contribution in [0.5, 0.6) is 5.75 Å². The number of anilines is 1. The number of hydrogen-bond acceptors (Lipinski definition) is 4. The number of nitrogens with zero attached hydrogens (tertiary/aromatic N) is 1. The molecule has 1 N–H and O–H groups in total. The maximum atomic E-state index is 12.2. The fraction of sp³-hybridized carbons (Fsp3) is 0.133. The largest absolute Gasteiger partial charge is 0.479 e. The third kappa shape index (κ3) is 4.74. The van der Waals surface area contributed by atoms with E-state index in [-0.39, 0.29) is 16.5 Å². The minimum atomic E-state index is -0.901. The van der Waals surface area contributed by atoms with Crippen molar-refractivity contribution in [1.82, 2.24) is 0 Å². The highest BCUT2D eigenvalue weighted by molar-refractivity contribution is 6.35. The van der Waals surface area contributed by atoms with Gasteiger partial charge < -0.3 is 10.1 Å². The van der Waals surface area contributed by atoms with Crippen LogP contribution in [-0.4, -0.2) is 16.9 Å². The Hall–Kier alpha value is -2.02. The van der Waals surface area contributed by atoms with E-state index >= 15 is 0 Å². The lowest BCUT2D eigenvalue weighted by Gasteiger charge is -2.15. The maximum Gasteiger partial charge on any atom is 0.271 e. The molecule has 0 heterocycles. The van der Waals surface area contributed by atoms with Gasteiger partial charge >= 0.3 is 0 Å². The van der Waals surface area contributed by atoms with Crippen molar-refractivity contribution < 1.29 is 14.5 Å². The molecule has 6 nitrogen and oxygen atoms in total. The molecular formula is C15H11Cl3N2O4. The molecule has 24 heavy (non-hydrogen) atoms. The number of nitrogens with one attached hydrogen (secondary N) is 1. The van der Waals surface area contributed by atoms with Gasteiger partial charge in [0.25, 0.3) is 11.6 Å². The van der Waals surface area contributed by atoms with Crippen LogP contribution in [0.3, 0.4) is 0 Å². The van der Waals surface area contributed by atoms with Crippen molar-refractivity contribution in [2.45, 2.75) is 13.0 Å². The molecule has 0 aromatic heterocycles. The van der Waals surface area contributed by atoms with Crippen molar-refractivity contribution >= 4 is 52.1 Å². The number of carbonyl (C=O) groups is 1. The molecule has 1 atom stereocenters. The number of benzene rings is 2. The van der Waals surface area contributed by atoms with Crippen LogP contribution < -0.4 is 10.1 Å². The Bertz CT molecular complexity index is 778. The molecule has 1 unspecified atom stereocenters. The van der Waals surface area contributed by atoms with Crippen LogP contribution >= 0.6 is 34.8 Å². The molecule has 0 radical (unpaired) electrons. The van der Waals surface area contributed by atoms with Crippen LogP contribution in [-0.2, 0) is 4.79 Å². The normalized spacial score (nSPS) is 11.7. The summed E-state index contributed by atoms with van der Waals surface area (Å²) in [7, 11) is 0. The van der Waals surface area contributed by atoms with Crippen molar-refractivity contribution in [2.24, 2.45) is 0 Å². The molecule has 2 aromatic carbocycles. The van der Waals surface area contributed by atoms with Crippen LogP contribution in [0.4, 0.5) is 11.4 Å². The average molecular weight is 390 g/mol. The van der Waals surface area contributed by atoms with Gasteiger partial charge in [0, 0.05) is 27.9 Å². The zero-order valence-electron chi connectivity index (χ0n) is 12.3. The van der Waals surface area contributed by atoms with Crippen LogP contribution in [0.25, 0.3) is 0 Å². The highest BCUT2D eigenvalue weighted by Gasteiger charge is 2.18. The van der Waals surface area contributed by atoms with E-state index in [4.69, 9.17) is 39.5 Å². The fourth-order valence-corrected chi connectivity index (χ4v) is 2.56. The van der Waals surface area contributed by atoms with Crippen LogP contribution in [0.2, 0.25) is 15.1 Å². The number of carbonyl (C=O) groups excluding carboxylic acids is 1. The molecule has 2 rings (SSSR count). The number of nitro benzene ring substituents is 1. The fourth-order valence-electron chi connectivity index (χ4n) is 1.81. The van der Waals surface area contributed by atoms with E-state index in [0.717, 1.165) is 6.07 Å². The van der Waals surface area contributed by atoms with E-state index < -0.39 is 16.9 Å². The summed E-state index contributed by atoms with van der Waals surface area (Å²) in [6.45, 7) is 1.51. The molecule has 126 valence electrons. The molecular weight excluding hydrogens is 379 g/mol. The van der Waals surface area contributed by atoms with E-state index in [0.29, 0.717) is 15.7 Å².